The van der Waals surface area contributed by atoms with E-state index in [1.165, 1.54) is 4.57 Å². The molecule has 0 saturated carbocycles. The fourth-order valence-corrected chi connectivity index (χ4v) is 5.61. The third kappa shape index (κ3) is 7.91. The number of ether oxygens (including phenoxy) is 1. The van der Waals surface area contributed by atoms with E-state index in [0.29, 0.717) is 44.3 Å². The second-order valence-corrected chi connectivity index (χ2v) is 10.9. The van der Waals surface area contributed by atoms with Crippen LogP contribution >= 0.6 is 0 Å². The molecule has 0 bridgehead atoms. The lowest BCUT2D eigenvalue weighted by Crippen LogP contribution is -2.50. The number of likely N-dealkylation sites (tertiary alicyclic amines) is 1. The molecule has 2 heterocycles. The zero-order chi connectivity index (χ0) is 30.0. The molecule has 0 radical (unpaired) electrons. The number of para-hydroxylation sites is 3. The van der Waals surface area contributed by atoms with Crippen molar-refractivity contribution in [3.63, 3.8) is 0 Å². The molecule has 1 saturated heterocycles. The Hall–Kier alpha value is -4.41. The lowest BCUT2D eigenvalue weighted by molar-refractivity contribution is 0.0802. The first-order valence-corrected chi connectivity index (χ1v) is 15.0. The smallest absolute Gasteiger partial charge is 0.337 e. The van der Waals surface area contributed by atoms with Crippen molar-refractivity contribution in [1.29, 1.82) is 0 Å². The molecule has 1 aromatic heterocycles. The standard InChI is InChI=1S/C33H40N6O4/c1-2-38-29-15-9-10-16-30(29)39(33(38)42)32(41)34-21-25-17-19-37(20-18-25)22-28(24-43-23-26-11-5-3-6-12-26)36-31(40)35-27-13-7-4-8-14-27/h3-16,25,28H,2,17-24H2,1H3,(H,34,41)(H2,35,36,40). The summed E-state index contributed by atoms with van der Waals surface area (Å²) in [4.78, 5) is 41.1. The third-order valence-corrected chi connectivity index (χ3v) is 7.88. The summed E-state index contributed by atoms with van der Waals surface area (Å²) in [6, 6.07) is 25.9. The van der Waals surface area contributed by atoms with Crippen molar-refractivity contribution >= 4 is 28.8 Å². The zero-order valence-corrected chi connectivity index (χ0v) is 24.6. The topological polar surface area (TPSA) is 110 Å². The van der Waals surface area contributed by atoms with Gasteiger partial charge in [0, 0.05) is 25.3 Å². The number of hydrogen-bond donors (Lipinski definition) is 3. The lowest BCUT2D eigenvalue weighted by Gasteiger charge is -2.34. The summed E-state index contributed by atoms with van der Waals surface area (Å²) in [6.45, 7) is 6.09. The molecule has 3 amide bonds. The monoisotopic (exact) mass is 584 g/mol. The van der Waals surface area contributed by atoms with Crippen molar-refractivity contribution in [2.75, 3.05) is 38.1 Å². The van der Waals surface area contributed by atoms with E-state index in [-0.39, 0.29) is 23.8 Å². The Bertz CT molecular complexity index is 1540. The average Bonchev–Trinajstić information content (AvgIpc) is 3.32. The van der Waals surface area contributed by atoms with Crippen molar-refractivity contribution in [3.8, 4) is 0 Å². The highest BCUT2D eigenvalue weighted by Gasteiger charge is 2.24. The highest BCUT2D eigenvalue weighted by atomic mass is 16.5. The van der Waals surface area contributed by atoms with Crippen LogP contribution in [0.25, 0.3) is 11.0 Å². The first kappa shape index (κ1) is 30.1. The van der Waals surface area contributed by atoms with E-state index in [9.17, 15) is 14.4 Å². The third-order valence-electron chi connectivity index (χ3n) is 7.88. The fourth-order valence-electron chi connectivity index (χ4n) is 5.61. The first-order chi connectivity index (χ1) is 21.0. The highest BCUT2D eigenvalue weighted by molar-refractivity contribution is 5.90. The van der Waals surface area contributed by atoms with Crippen molar-refractivity contribution in [2.45, 2.75) is 39.0 Å². The number of fused-ring (bicyclic) bond motifs is 1. The quantitative estimate of drug-likeness (QED) is 0.241. The Balaban J connectivity index is 1.13. The van der Waals surface area contributed by atoms with Gasteiger partial charge in [0.15, 0.2) is 0 Å². The minimum atomic E-state index is -0.389. The molecule has 1 atom stereocenters. The predicted octanol–water partition coefficient (Wildman–Crippen LogP) is 4.50. The van der Waals surface area contributed by atoms with Crippen molar-refractivity contribution in [2.24, 2.45) is 5.92 Å². The number of hydrogen-bond acceptors (Lipinski definition) is 5. The molecule has 1 aliphatic rings. The molecular weight excluding hydrogens is 544 g/mol. The van der Waals surface area contributed by atoms with Crippen molar-refractivity contribution < 1.29 is 14.3 Å². The number of piperidine rings is 1. The van der Waals surface area contributed by atoms with Gasteiger partial charge in [-0.3, -0.25) is 4.57 Å². The van der Waals surface area contributed by atoms with E-state index < -0.39 is 0 Å². The second-order valence-electron chi connectivity index (χ2n) is 10.9. The molecular formula is C33H40N6O4. The van der Waals surface area contributed by atoms with E-state index in [1.54, 1.807) is 10.6 Å². The Labute approximate surface area is 251 Å². The van der Waals surface area contributed by atoms with Crippen LogP contribution in [0.3, 0.4) is 0 Å². The van der Waals surface area contributed by atoms with Gasteiger partial charge in [-0.25, -0.2) is 19.0 Å². The van der Waals surface area contributed by atoms with Gasteiger partial charge < -0.3 is 25.6 Å². The van der Waals surface area contributed by atoms with E-state index >= 15 is 0 Å². The van der Waals surface area contributed by atoms with Crippen LogP contribution in [0.2, 0.25) is 0 Å². The van der Waals surface area contributed by atoms with Crippen LogP contribution in [0.5, 0.6) is 0 Å². The zero-order valence-electron chi connectivity index (χ0n) is 24.6. The number of amides is 3. The van der Waals surface area contributed by atoms with Gasteiger partial charge in [0.1, 0.15) is 0 Å². The molecule has 5 rings (SSSR count). The number of imidazole rings is 1. The van der Waals surface area contributed by atoms with Crippen molar-refractivity contribution in [1.82, 2.24) is 24.7 Å². The predicted molar refractivity (Wildman–Crippen MR) is 168 cm³/mol. The number of nitrogens with one attached hydrogen (secondary N) is 3. The molecule has 1 unspecified atom stereocenters. The number of anilines is 1. The summed E-state index contributed by atoms with van der Waals surface area (Å²) in [7, 11) is 0. The summed E-state index contributed by atoms with van der Waals surface area (Å²) >= 11 is 0. The highest BCUT2D eigenvalue weighted by Crippen LogP contribution is 2.18. The number of rotatable bonds is 11. The van der Waals surface area contributed by atoms with Gasteiger partial charge in [-0.05, 0) is 68.6 Å². The van der Waals surface area contributed by atoms with Crippen LogP contribution in [-0.4, -0.2) is 64.9 Å². The summed E-state index contributed by atoms with van der Waals surface area (Å²) in [6.07, 6.45) is 1.80. The molecule has 0 spiro atoms. The van der Waals surface area contributed by atoms with Gasteiger partial charge in [0.25, 0.3) is 0 Å². The van der Waals surface area contributed by atoms with Crippen LogP contribution in [0.15, 0.2) is 89.7 Å². The van der Waals surface area contributed by atoms with Gasteiger partial charge in [-0.1, -0.05) is 60.7 Å². The number of carbonyl (C=O) groups is 2. The van der Waals surface area contributed by atoms with Gasteiger partial charge in [0.05, 0.1) is 30.3 Å². The van der Waals surface area contributed by atoms with Crippen LogP contribution in [0, 0.1) is 5.92 Å². The maximum atomic E-state index is 13.1. The van der Waals surface area contributed by atoms with E-state index in [4.69, 9.17) is 4.74 Å². The SMILES string of the molecule is CCn1c(=O)n(C(=O)NCC2CCN(CC(COCc3ccccc3)NC(=O)Nc3ccccc3)CC2)c2ccccc21. The minimum Gasteiger partial charge on any atom is -0.375 e. The Morgan fingerprint density at radius 1 is 0.907 bits per heavy atom. The molecule has 4 aromatic rings. The second kappa shape index (κ2) is 14.7. The summed E-state index contributed by atoms with van der Waals surface area (Å²) in [5.74, 6) is 0.303. The number of aryl methyl sites for hydroxylation is 1. The summed E-state index contributed by atoms with van der Waals surface area (Å²) in [5.41, 5.74) is 2.87. The molecule has 3 aromatic carbocycles. The van der Waals surface area contributed by atoms with E-state index in [0.717, 1.165) is 42.7 Å². The first-order valence-electron chi connectivity index (χ1n) is 15.0. The maximum absolute atomic E-state index is 13.1. The maximum Gasteiger partial charge on any atom is 0.337 e. The Morgan fingerprint density at radius 2 is 1.56 bits per heavy atom. The molecule has 10 nitrogen and oxygen atoms in total. The van der Waals surface area contributed by atoms with Gasteiger partial charge in [0.2, 0.25) is 0 Å². The van der Waals surface area contributed by atoms with Crippen LogP contribution in [0.1, 0.15) is 25.3 Å². The minimum absolute atomic E-state index is 0.202. The molecule has 226 valence electrons. The number of benzene rings is 3. The Kier molecular flexibility index (Phi) is 10.2. The fraction of sp³-hybridized carbons (Fsp3) is 0.364. The number of urea groups is 1. The molecule has 0 aliphatic carbocycles. The van der Waals surface area contributed by atoms with E-state index in [1.807, 2.05) is 85.8 Å². The molecule has 1 aliphatic heterocycles. The van der Waals surface area contributed by atoms with Gasteiger partial charge in [-0.2, -0.15) is 0 Å². The average molecular weight is 585 g/mol. The van der Waals surface area contributed by atoms with Crippen LogP contribution < -0.4 is 21.6 Å². The number of aromatic nitrogens is 2. The van der Waals surface area contributed by atoms with Gasteiger partial charge >= 0.3 is 17.8 Å². The van der Waals surface area contributed by atoms with Gasteiger partial charge in [-0.15, -0.1) is 0 Å². The van der Waals surface area contributed by atoms with Crippen molar-refractivity contribution in [3.05, 3.63) is 101 Å². The summed E-state index contributed by atoms with van der Waals surface area (Å²) in [5, 5.41) is 8.98. The molecule has 1 fully saturated rings. The number of nitrogens with zero attached hydrogens (tertiary/aromatic N) is 3. The number of carbonyl (C=O) groups excluding carboxylic acids is 2. The van der Waals surface area contributed by atoms with E-state index in [2.05, 4.69) is 20.9 Å². The van der Waals surface area contributed by atoms with Crippen LogP contribution in [-0.2, 0) is 17.9 Å². The Morgan fingerprint density at radius 3 is 2.26 bits per heavy atom. The molecule has 43 heavy (non-hydrogen) atoms. The normalized spacial score (nSPS) is 14.8. The lowest BCUT2D eigenvalue weighted by atomic mass is 9.96. The summed E-state index contributed by atoms with van der Waals surface area (Å²) < 4.78 is 8.86. The molecule has 3 N–H and O–H groups in total. The molecule has 10 heteroatoms. The largest absolute Gasteiger partial charge is 0.375 e. The van der Waals surface area contributed by atoms with Crippen LogP contribution in [0.4, 0.5) is 15.3 Å².